The third-order valence-corrected chi connectivity index (χ3v) is 3.57. The SMILES string of the molecule is Cc1[nH]cc(NC(=O)C2COc3ccccc32)c1C(=O)O. The Hall–Kier alpha value is -2.76. The van der Waals surface area contributed by atoms with Crippen LogP contribution in [-0.4, -0.2) is 28.6 Å². The van der Waals surface area contributed by atoms with Gasteiger partial charge in [-0.05, 0) is 13.0 Å². The number of carbonyl (C=O) groups is 2. The number of rotatable bonds is 3. The zero-order valence-electron chi connectivity index (χ0n) is 11.3. The number of nitrogens with one attached hydrogen (secondary N) is 2. The minimum Gasteiger partial charge on any atom is -0.492 e. The number of carboxylic acid groups (broad SMARTS) is 1. The first-order valence-electron chi connectivity index (χ1n) is 6.51. The van der Waals surface area contributed by atoms with Crippen molar-refractivity contribution in [1.82, 2.24) is 4.98 Å². The Bertz CT molecular complexity index is 720. The van der Waals surface area contributed by atoms with Gasteiger partial charge in [-0.3, -0.25) is 4.79 Å². The van der Waals surface area contributed by atoms with Crippen LogP contribution in [0.4, 0.5) is 5.69 Å². The number of aromatic carboxylic acids is 1. The van der Waals surface area contributed by atoms with E-state index >= 15 is 0 Å². The number of hydrogen-bond acceptors (Lipinski definition) is 3. The van der Waals surface area contributed by atoms with Gasteiger partial charge in [0, 0.05) is 17.5 Å². The Kier molecular flexibility index (Phi) is 3.13. The van der Waals surface area contributed by atoms with Gasteiger partial charge < -0.3 is 20.1 Å². The molecule has 1 aliphatic heterocycles. The number of ether oxygens (including phenoxy) is 1. The van der Waals surface area contributed by atoms with Gasteiger partial charge in [-0.15, -0.1) is 0 Å². The van der Waals surface area contributed by atoms with Crippen molar-refractivity contribution in [2.75, 3.05) is 11.9 Å². The zero-order chi connectivity index (χ0) is 15.0. The molecule has 108 valence electrons. The van der Waals surface area contributed by atoms with E-state index in [4.69, 9.17) is 4.74 Å². The quantitative estimate of drug-likeness (QED) is 0.806. The number of amides is 1. The number of carbonyl (C=O) groups excluding carboxylic acids is 1. The maximum Gasteiger partial charge on any atom is 0.339 e. The Morgan fingerprint density at radius 2 is 2.14 bits per heavy atom. The van der Waals surface area contributed by atoms with E-state index in [2.05, 4.69) is 10.3 Å². The van der Waals surface area contributed by atoms with Gasteiger partial charge in [0.2, 0.25) is 5.91 Å². The van der Waals surface area contributed by atoms with Crippen LogP contribution >= 0.6 is 0 Å². The van der Waals surface area contributed by atoms with Gasteiger partial charge in [-0.25, -0.2) is 4.79 Å². The van der Waals surface area contributed by atoms with Gasteiger partial charge in [0.1, 0.15) is 23.8 Å². The second-order valence-corrected chi connectivity index (χ2v) is 4.90. The van der Waals surface area contributed by atoms with Crippen molar-refractivity contribution in [1.29, 1.82) is 0 Å². The van der Waals surface area contributed by atoms with Gasteiger partial charge in [0.25, 0.3) is 0 Å². The topological polar surface area (TPSA) is 91.4 Å². The van der Waals surface area contributed by atoms with E-state index < -0.39 is 11.9 Å². The van der Waals surface area contributed by atoms with E-state index in [1.165, 1.54) is 6.20 Å². The number of aromatic amines is 1. The minimum absolute atomic E-state index is 0.0792. The normalized spacial score (nSPS) is 16.1. The average molecular weight is 286 g/mol. The number of para-hydroxylation sites is 1. The molecule has 21 heavy (non-hydrogen) atoms. The van der Waals surface area contributed by atoms with Crippen molar-refractivity contribution in [3.05, 3.63) is 47.3 Å². The number of aromatic nitrogens is 1. The van der Waals surface area contributed by atoms with Gasteiger partial charge in [0.05, 0.1) is 5.69 Å². The number of fused-ring (bicyclic) bond motifs is 1. The van der Waals surface area contributed by atoms with Gasteiger partial charge >= 0.3 is 5.97 Å². The molecular weight excluding hydrogens is 272 g/mol. The highest BCUT2D eigenvalue weighted by molar-refractivity contribution is 6.03. The summed E-state index contributed by atoms with van der Waals surface area (Å²) in [5, 5.41) is 11.8. The molecule has 0 saturated heterocycles. The van der Waals surface area contributed by atoms with Gasteiger partial charge in [0.15, 0.2) is 0 Å². The molecule has 6 nitrogen and oxygen atoms in total. The summed E-state index contributed by atoms with van der Waals surface area (Å²) in [7, 11) is 0. The summed E-state index contributed by atoms with van der Waals surface area (Å²) in [6, 6.07) is 7.34. The molecule has 0 aliphatic carbocycles. The van der Waals surface area contributed by atoms with E-state index in [0.29, 0.717) is 11.4 Å². The zero-order valence-corrected chi connectivity index (χ0v) is 11.3. The van der Waals surface area contributed by atoms with Crippen molar-refractivity contribution < 1.29 is 19.4 Å². The lowest BCUT2D eigenvalue weighted by Gasteiger charge is -2.10. The summed E-state index contributed by atoms with van der Waals surface area (Å²) in [6.45, 7) is 1.91. The predicted molar refractivity (Wildman–Crippen MR) is 75.8 cm³/mol. The summed E-state index contributed by atoms with van der Waals surface area (Å²) in [5.41, 5.74) is 1.67. The lowest BCUT2D eigenvalue weighted by atomic mass is 10.0. The van der Waals surface area contributed by atoms with E-state index in [-0.39, 0.29) is 23.8 Å². The molecule has 3 rings (SSSR count). The van der Waals surface area contributed by atoms with E-state index in [0.717, 1.165) is 5.56 Å². The van der Waals surface area contributed by atoms with Gasteiger partial charge in [-0.2, -0.15) is 0 Å². The summed E-state index contributed by atoms with van der Waals surface area (Å²) in [5.74, 6) is -1.09. The molecule has 0 fully saturated rings. The summed E-state index contributed by atoms with van der Waals surface area (Å²) in [6.07, 6.45) is 1.48. The molecule has 1 aromatic heterocycles. The Balaban J connectivity index is 1.84. The molecule has 0 spiro atoms. The molecule has 0 saturated carbocycles. The number of hydrogen-bond donors (Lipinski definition) is 3. The highest BCUT2D eigenvalue weighted by Gasteiger charge is 2.31. The molecule has 0 radical (unpaired) electrons. The molecule has 2 heterocycles. The van der Waals surface area contributed by atoms with Crippen LogP contribution in [0.3, 0.4) is 0 Å². The molecule has 6 heteroatoms. The number of anilines is 1. The number of H-pyrrole nitrogens is 1. The highest BCUT2D eigenvalue weighted by atomic mass is 16.5. The first-order chi connectivity index (χ1) is 10.1. The number of carboxylic acids is 1. The molecule has 1 atom stereocenters. The van der Waals surface area contributed by atoms with Crippen LogP contribution in [0.25, 0.3) is 0 Å². The molecule has 0 bridgehead atoms. The fourth-order valence-corrected chi connectivity index (χ4v) is 2.50. The maximum absolute atomic E-state index is 12.4. The van der Waals surface area contributed by atoms with Crippen LogP contribution in [0, 0.1) is 6.92 Å². The molecule has 1 amide bonds. The maximum atomic E-state index is 12.4. The summed E-state index contributed by atoms with van der Waals surface area (Å²) < 4.78 is 5.47. The van der Waals surface area contributed by atoms with Crippen molar-refractivity contribution in [3.63, 3.8) is 0 Å². The van der Waals surface area contributed by atoms with E-state index in [9.17, 15) is 14.7 Å². The lowest BCUT2D eigenvalue weighted by molar-refractivity contribution is -0.117. The Morgan fingerprint density at radius 3 is 2.90 bits per heavy atom. The average Bonchev–Trinajstić information content (AvgIpc) is 3.02. The first kappa shape index (κ1) is 13.2. The first-order valence-corrected chi connectivity index (χ1v) is 6.51. The summed E-state index contributed by atoms with van der Waals surface area (Å²) >= 11 is 0. The molecular formula is C15H14N2O4. The van der Waals surface area contributed by atoms with Crippen molar-refractivity contribution in [2.45, 2.75) is 12.8 Å². The fourth-order valence-electron chi connectivity index (χ4n) is 2.50. The van der Waals surface area contributed by atoms with Gasteiger partial charge in [-0.1, -0.05) is 18.2 Å². The third-order valence-electron chi connectivity index (χ3n) is 3.57. The predicted octanol–water partition coefficient (Wildman–Crippen LogP) is 2.14. The van der Waals surface area contributed by atoms with Crippen LogP contribution < -0.4 is 10.1 Å². The smallest absolute Gasteiger partial charge is 0.339 e. The van der Waals surface area contributed by atoms with Crippen LogP contribution in [0.1, 0.15) is 27.5 Å². The summed E-state index contributed by atoms with van der Waals surface area (Å²) in [4.78, 5) is 26.4. The Morgan fingerprint density at radius 1 is 1.38 bits per heavy atom. The van der Waals surface area contributed by atoms with Crippen LogP contribution in [0.2, 0.25) is 0 Å². The molecule has 2 aromatic rings. The number of aryl methyl sites for hydroxylation is 1. The highest BCUT2D eigenvalue weighted by Crippen LogP contribution is 2.34. The van der Waals surface area contributed by atoms with E-state index in [1.807, 2.05) is 24.3 Å². The fraction of sp³-hybridized carbons (Fsp3) is 0.200. The van der Waals surface area contributed by atoms with Crippen molar-refractivity contribution in [2.24, 2.45) is 0 Å². The minimum atomic E-state index is -1.08. The Labute approximate surface area is 120 Å². The third kappa shape index (κ3) is 2.24. The second kappa shape index (κ2) is 4.97. The molecule has 1 aliphatic rings. The molecule has 1 unspecified atom stereocenters. The standard InChI is InChI=1S/C15H14N2O4/c1-8-13(15(19)20)11(6-16-8)17-14(18)10-7-21-12-5-3-2-4-9(10)12/h2-6,10,16H,7H2,1H3,(H,17,18)(H,19,20). The number of benzene rings is 1. The van der Waals surface area contributed by atoms with E-state index in [1.54, 1.807) is 6.92 Å². The largest absolute Gasteiger partial charge is 0.492 e. The second-order valence-electron chi connectivity index (χ2n) is 4.90. The molecule has 1 aromatic carbocycles. The lowest BCUT2D eigenvalue weighted by Crippen LogP contribution is -2.23. The van der Waals surface area contributed by atoms with Crippen LogP contribution in [0.5, 0.6) is 5.75 Å². The van der Waals surface area contributed by atoms with Crippen LogP contribution in [0.15, 0.2) is 30.5 Å². The molecule has 3 N–H and O–H groups in total. The monoisotopic (exact) mass is 286 g/mol. The van der Waals surface area contributed by atoms with Crippen molar-refractivity contribution >= 4 is 17.6 Å². The van der Waals surface area contributed by atoms with Crippen LogP contribution in [-0.2, 0) is 4.79 Å². The van der Waals surface area contributed by atoms with Crippen molar-refractivity contribution in [3.8, 4) is 5.75 Å².